The Bertz CT molecular complexity index is 1800. The Morgan fingerprint density at radius 3 is 2.67 bits per heavy atom. The Labute approximate surface area is 281 Å². The van der Waals surface area contributed by atoms with Crippen molar-refractivity contribution < 1.29 is 26.8 Å². The molecule has 0 bridgehead atoms. The Morgan fingerprint density at radius 2 is 2.02 bits per heavy atom. The van der Waals surface area contributed by atoms with Crippen molar-refractivity contribution in [2.24, 2.45) is 23.4 Å². The van der Waals surface area contributed by atoms with E-state index in [1.807, 2.05) is 39.8 Å². The number of hydrogen-bond donors (Lipinski definition) is 4. The number of carbonyl (C=O) groups excluding carboxylic acids is 1. The standard InChI is InChI=1S/C35H47FN6O5S/c1-22(2)20-47-35(43)34-33(29-17-27(36)7-10-31(29)40-34)30(37)19-42(38)18-25-11-14-41(15-12-25)16-13-39-48(44,45)28-8-5-26(6-9-28)32-23(3)21-46-24(32)4/h5-8,10,17,19,21-22,25,28,39-40H,9,11-16,18,20,37-38H2,1-4H3. The van der Waals surface area contributed by atoms with Crippen LogP contribution in [0.15, 0.2) is 53.3 Å². The maximum absolute atomic E-state index is 14.2. The smallest absolute Gasteiger partial charge is 0.355 e. The number of nitrogens with one attached hydrogen (secondary N) is 2. The molecule has 1 atom stereocenters. The van der Waals surface area contributed by atoms with E-state index in [0.717, 1.165) is 48.4 Å². The molecule has 3 aromatic rings. The van der Waals surface area contributed by atoms with E-state index in [0.29, 0.717) is 48.4 Å². The average molecular weight is 683 g/mol. The lowest BCUT2D eigenvalue weighted by Gasteiger charge is -2.33. The lowest BCUT2D eigenvalue weighted by molar-refractivity contribution is 0.0452. The molecule has 0 amide bonds. The molecule has 260 valence electrons. The molecule has 3 heterocycles. The van der Waals surface area contributed by atoms with Gasteiger partial charge in [0.15, 0.2) is 0 Å². The normalized spacial score (nSPS) is 18.1. The summed E-state index contributed by atoms with van der Waals surface area (Å²) in [6.07, 6.45) is 11.0. The molecule has 1 saturated heterocycles. The number of H-pyrrole nitrogens is 1. The number of hydrogen-bond acceptors (Lipinski definition) is 9. The third kappa shape index (κ3) is 8.38. The van der Waals surface area contributed by atoms with Crippen molar-refractivity contribution in [3.05, 3.63) is 82.9 Å². The molecule has 1 aliphatic heterocycles. The van der Waals surface area contributed by atoms with E-state index in [-0.39, 0.29) is 23.9 Å². The minimum atomic E-state index is -3.51. The summed E-state index contributed by atoms with van der Waals surface area (Å²) in [4.78, 5) is 18.2. The monoisotopic (exact) mass is 682 g/mol. The van der Waals surface area contributed by atoms with Gasteiger partial charge in [0.25, 0.3) is 0 Å². The topological polar surface area (TPSA) is 160 Å². The number of allylic oxidation sites excluding steroid dienone is 3. The van der Waals surface area contributed by atoms with Crippen molar-refractivity contribution in [2.75, 3.05) is 39.3 Å². The second-order valence-corrected chi connectivity index (χ2v) is 15.2. The van der Waals surface area contributed by atoms with Gasteiger partial charge in [0.05, 0.1) is 23.8 Å². The highest BCUT2D eigenvalue weighted by Crippen LogP contribution is 2.31. The van der Waals surface area contributed by atoms with Gasteiger partial charge in [0.1, 0.15) is 17.3 Å². The number of fused-ring (bicyclic) bond motifs is 1. The van der Waals surface area contributed by atoms with E-state index >= 15 is 0 Å². The minimum absolute atomic E-state index is 0.149. The molecule has 1 aromatic carbocycles. The van der Waals surface area contributed by atoms with E-state index in [4.69, 9.17) is 20.7 Å². The van der Waals surface area contributed by atoms with Crippen molar-refractivity contribution >= 4 is 38.2 Å². The minimum Gasteiger partial charge on any atom is -0.469 e. The fraction of sp³-hybridized carbons (Fsp3) is 0.457. The lowest BCUT2D eigenvalue weighted by Crippen LogP contribution is -2.43. The van der Waals surface area contributed by atoms with Crippen LogP contribution in [0.25, 0.3) is 22.2 Å². The Kier molecular flexibility index (Phi) is 11.1. The highest BCUT2D eigenvalue weighted by Gasteiger charge is 2.27. The number of halogens is 1. The van der Waals surface area contributed by atoms with Crippen LogP contribution in [0.4, 0.5) is 4.39 Å². The van der Waals surface area contributed by atoms with Crippen LogP contribution in [0, 0.1) is 31.5 Å². The molecule has 0 radical (unpaired) electrons. The van der Waals surface area contributed by atoms with Gasteiger partial charge in [-0.25, -0.2) is 28.2 Å². The number of furan rings is 1. The first-order valence-electron chi connectivity index (χ1n) is 16.4. The Balaban J connectivity index is 1.11. The number of esters is 1. The third-order valence-electron chi connectivity index (χ3n) is 8.92. The van der Waals surface area contributed by atoms with Crippen molar-refractivity contribution in [1.82, 2.24) is 19.6 Å². The molecule has 2 aliphatic rings. The van der Waals surface area contributed by atoms with E-state index in [1.165, 1.54) is 17.1 Å². The molecule has 5 rings (SSSR count). The van der Waals surface area contributed by atoms with Crippen molar-refractivity contribution in [3.8, 4) is 0 Å². The molecule has 1 fully saturated rings. The molecule has 13 heteroatoms. The fourth-order valence-corrected chi connectivity index (χ4v) is 7.62. The van der Waals surface area contributed by atoms with Gasteiger partial charge in [0, 0.05) is 47.9 Å². The zero-order chi connectivity index (χ0) is 34.6. The number of aromatic amines is 1. The average Bonchev–Trinajstić information content (AvgIpc) is 3.59. The molecule has 2 aromatic heterocycles. The van der Waals surface area contributed by atoms with E-state index in [2.05, 4.69) is 14.6 Å². The fourth-order valence-electron chi connectivity index (χ4n) is 6.39. The summed E-state index contributed by atoms with van der Waals surface area (Å²) in [6.45, 7) is 11.1. The second kappa shape index (κ2) is 15.1. The number of nitrogens with zero attached hydrogens (tertiary/aromatic N) is 2. The molecule has 6 N–H and O–H groups in total. The molecule has 1 unspecified atom stereocenters. The number of likely N-dealkylation sites (tertiary alicyclic amines) is 1. The summed E-state index contributed by atoms with van der Waals surface area (Å²) >= 11 is 0. The van der Waals surface area contributed by atoms with Crippen LogP contribution in [-0.4, -0.2) is 73.9 Å². The summed E-state index contributed by atoms with van der Waals surface area (Å²) in [5.41, 5.74) is 10.8. The van der Waals surface area contributed by atoms with Crippen LogP contribution in [0.2, 0.25) is 0 Å². The predicted molar refractivity (Wildman–Crippen MR) is 186 cm³/mol. The van der Waals surface area contributed by atoms with E-state index in [1.54, 1.807) is 24.6 Å². The number of piperidine rings is 1. The number of sulfonamides is 1. The van der Waals surface area contributed by atoms with Gasteiger partial charge in [-0.15, -0.1) is 0 Å². The highest BCUT2D eigenvalue weighted by molar-refractivity contribution is 7.90. The van der Waals surface area contributed by atoms with Gasteiger partial charge >= 0.3 is 5.97 Å². The van der Waals surface area contributed by atoms with Gasteiger partial charge in [-0.3, -0.25) is 0 Å². The largest absolute Gasteiger partial charge is 0.469 e. The van der Waals surface area contributed by atoms with Gasteiger partial charge < -0.3 is 29.8 Å². The van der Waals surface area contributed by atoms with Gasteiger partial charge in [-0.1, -0.05) is 32.1 Å². The van der Waals surface area contributed by atoms with Gasteiger partial charge in [-0.05, 0) is 87.4 Å². The predicted octanol–water partition coefficient (Wildman–Crippen LogP) is 4.81. The van der Waals surface area contributed by atoms with Gasteiger partial charge in [0.2, 0.25) is 10.0 Å². The number of nitrogens with two attached hydrogens (primary N) is 2. The third-order valence-corrected chi connectivity index (χ3v) is 10.7. The summed E-state index contributed by atoms with van der Waals surface area (Å²) < 4.78 is 53.9. The first-order chi connectivity index (χ1) is 22.8. The van der Waals surface area contributed by atoms with Crippen molar-refractivity contribution in [1.29, 1.82) is 0 Å². The first kappa shape index (κ1) is 35.4. The summed E-state index contributed by atoms with van der Waals surface area (Å²) in [5.74, 6) is 6.61. The molecule has 0 spiro atoms. The number of ether oxygens (including phenoxy) is 1. The number of benzene rings is 1. The van der Waals surface area contributed by atoms with Crippen LogP contribution in [-0.2, 0) is 14.8 Å². The Hall–Kier alpha value is -3.91. The molecule has 0 saturated carbocycles. The summed E-state index contributed by atoms with van der Waals surface area (Å²) in [5, 5.41) is 1.37. The molecule has 11 nitrogen and oxygen atoms in total. The van der Waals surface area contributed by atoms with Crippen LogP contribution < -0.4 is 16.3 Å². The second-order valence-electron chi connectivity index (χ2n) is 13.2. The number of rotatable bonds is 13. The summed E-state index contributed by atoms with van der Waals surface area (Å²) in [6, 6.07) is 4.21. The SMILES string of the molecule is Cc1coc(C)c1C1=CCC(S(=O)(=O)NCCN2CCC(CN(N)C=C(N)c3c(C(=O)OCC(C)C)[nH]c4ccc(F)cc34)CC2)C=C1. The zero-order valence-corrected chi connectivity index (χ0v) is 28.9. The molecule has 48 heavy (non-hydrogen) atoms. The van der Waals surface area contributed by atoms with Crippen LogP contribution in [0.3, 0.4) is 0 Å². The van der Waals surface area contributed by atoms with Crippen LogP contribution in [0.1, 0.15) is 66.0 Å². The van der Waals surface area contributed by atoms with E-state index in [9.17, 15) is 17.6 Å². The maximum atomic E-state index is 14.2. The number of aryl methyl sites for hydroxylation is 2. The van der Waals surface area contributed by atoms with Crippen LogP contribution >= 0.6 is 0 Å². The molecular weight excluding hydrogens is 635 g/mol. The zero-order valence-electron chi connectivity index (χ0n) is 28.1. The highest BCUT2D eigenvalue weighted by atomic mass is 32.2. The number of carbonyl (C=O) groups is 1. The van der Waals surface area contributed by atoms with Crippen molar-refractivity contribution in [2.45, 2.75) is 52.2 Å². The Morgan fingerprint density at radius 1 is 1.27 bits per heavy atom. The van der Waals surface area contributed by atoms with E-state index < -0.39 is 27.1 Å². The first-order valence-corrected chi connectivity index (χ1v) is 18.0. The maximum Gasteiger partial charge on any atom is 0.355 e. The van der Waals surface area contributed by atoms with Gasteiger partial charge in [-0.2, -0.15) is 0 Å². The lowest BCUT2D eigenvalue weighted by atomic mass is 9.96. The van der Waals surface area contributed by atoms with Crippen molar-refractivity contribution in [3.63, 3.8) is 0 Å². The molecular formula is C35H47FN6O5S. The number of hydrazine groups is 1. The summed E-state index contributed by atoms with van der Waals surface area (Å²) in [7, 11) is -3.51. The number of aromatic nitrogens is 1. The quantitative estimate of drug-likeness (QED) is 0.113. The molecule has 1 aliphatic carbocycles. The van der Waals surface area contributed by atoms with Crippen LogP contribution in [0.5, 0.6) is 0 Å².